The first-order chi connectivity index (χ1) is 18.0. The molecule has 4 aromatic rings. The van der Waals surface area contributed by atoms with Crippen molar-refractivity contribution < 1.29 is 57.2 Å². The van der Waals surface area contributed by atoms with Crippen molar-refractivity contribution in [2.24, 2.45) is 10.2 Å². The fourth-order valence-electron chi connectivity index (χ4n) is 3.77. The largest absolute Gasteiger partial charge is 1.00 e. The molecule has 4 aromatic carbocycles. The van der Waals surface area contributed by atoms with E-state index in [0.717, 1.165) is 6.07 Å². The van der Waals surface area contributed by atoms with Gasteiger partial charge in [0.1, 0.15) is 11.4 Å². The van der Waals surface area contributed by atoms with Crippen LogP contribution in [0.3, 0.4) is 0 Å². The summed E-state index contributed by atoms with van der Waals surface area (Å²) in [5.74, 6) is -0.885. The van der Waals surface area contributed by atoms with E-state index in [9.17, 15) is 22.9 Å². The molecule has 0 atom stereocenters. The smallest absolute Gasteiger partial charge is 0.870 e. The van der Waals surface area contributed by atoms with Gasteiger partial charge in [-0.05, 0) is 47.7 Å². The van der Waals surface area contributed by atoms with Crippen LogP contribution in [0.2, 0.25) is 10.0 Å². The zero-order valence-corrected chi connectivity index (χ0v) is 25.4. The number of amides is 1. The first-order valence-electron chi connectivity index (χ1n) is 11.1. The molecule has 0 saturated heterocycles. The first-order valence-corrected chi connectivity index (χ1v) is 13.3. The Morgan fingerprint density at radius 1 is 1.05 bits per heavy atom. The summed E-state index contributed by atoms with van der Waals surface area (Å²) < 4.78 is 37.9. The Labute approximate surface area is 256 Å². The van der Waals surface area contributed by atoms with Gasteiger partial charge in [0.2, 0.25) is 0 Å². The number of benzene rings is 4. The molecule has 13 heteroatoms. The Morgan fingerprint density at radius 2 is 1.77 bits per heavy atom. The average Bonchev–Trinajstić information content (AvgIpc) is 2.88. The van der Waals surface area contributed by atoms with E-state index >= 15 is 0 Å². The number of aryl methyl sites for hydroxylation is 1. The molecule has 1 amide bonds. The molecule has 0 bridgehead atoms. The molecular formula is C26H20Cl2N3NaO6S. The van der Waals surface area contributed by atoms with Gasteiger partial charge in [0.25, 0.3) is 16.0 Å². The predicted octanol–water partition coefficient (Wildman–Crippen LogP) is 3.71. The zero-order chi connectivity index (χ0) is 27.6. The van der Waals surface area contributed by atoms with Gasteiger partial charge in [-0.2, -0.15) is 13.5 Å². The molecule has 0 aliphatic carbocycles. The topological polar surface area (TPSA) is 140 Å². The number of hydrogen-bond acceptors (Lipinski definition) is 7. The number of carbonyl (C=O) groups is 1. The minimum atomic E-state index is -4.50. The maximum Gasteiger partial charge on any atom is 1.00 e. The van der Waals surface area contributed by atoms with Crippen LogP contribution in [0.15, 0.2) is 75.8 Å². The Bertz CT molecular complexity index is 1710. The normalized spacial score (nSPS) is 11.4. The van der Waals surface area contributed by atoms with Gasteiger partial charge in [-0.3, -0.25) is 9.35 Å². The van der Waals surface area contributed by atoms with Crippen molar-refractivity contribution in [3.05, 3.63) is 81.8 Å². The molecule has 0 heterocycles. The number of ether oxygens (including phenoxy) is 1. The number of nitrogens with one attached hydrogen (secondary N) is 1. The van der Waals surface area contributed by atoms with E-state index < -0.39 is 21.8 Å². The number of nitrogens with zero attached hydrogens (tertiary/aromatic N) is 2. The van der Waals surface area contributed by atoms with Gasteiger partial charge in [-0.15, -0.1) is 5.11 Å². The van der Waals surface area contributed by atoms with E-state index in [1.165, 1.54) is 25.3 Å². The number of methoxy groups -OCH3 is 1. The van der Waals surface area contributed by atoms with E-state index in [1.54, 1.807) is 43.3 Å². The Hall–Kier alpha value is -2.70. The first kappa shape index (κ1) is 30.8. The maximum atomic E-state index is 13.4. The molecule has 9 nitrogen and oxygen atoms in total. The molecule has 196 valence electrons. The van der Waals surface area contributed by atoms with E-state index in [1.807, 2.05) is 0 Å². The van der Waals surface area contributed by atoms with Crippen molar-refractivity contribution in [3.63, 3.8) is 0 Å². The van der Waals surface area contributed by atoms with Crippen LogP contribution in [0.1, 0.15) is 22.8 Å². The molecule has 0 unspecified atom stereocenters. The second-order valence-electron chi connectivity index (χ2n) is 8.06. The van der Waals surface area contributed by atoms with Crippen molar-refractivity contribution in [2.75, 3.05) is 12.4 Å². The van der Waals surface area contributed by atoms with Gasteiger partial charge in [-0.25, -0.2) is 0 Å². The SMILES string of the molecule is CCc1cc(N=Nc2c([O-])c(C(=O)Nc3ccc(OC)cc3Cl)cc3ccccc23)c(Cl)cc1S(=O)(=O)O.[Na+]. The average molecular weight is 596 g/mol. The van der Waals surface area contributed by atoms with E-state index in [0.29, 0.717) is 16.5 Å². The van der Waals surface area contributed by atoms with Crippen LogP contribution in [0.25, 0.3) is 10.8 Å². The molecule has 0 aliphatic heterocycles. The maximum absolute atomic E-state index is 13.4. The van der Waals surface area contributed by atoms with Crippen LogP contribution in [0.5, 0.6) is 11.5 Å². The molecule has 0 spiro atoms. The standard InChI is InChI=1S/C26H21Cl2N3O6S.Na/c1-3-14-11-22(20(28)13-23(14)38(34,35)36)30-31-24-17-7-5-4-6-15(17)10-18(25(24)32)26(33)29-21-9-8-16(37-2)12-19(21)27;/h4-13,32H,3H2,1-2H3,(H,29,33)(H,34,35,36);/q;+1/p-1. The molecule has 39 heavy (non-hydrogen) atoms. The van der Waals surface area contributed by atoms with Crippen molar-refractivity contribution in [2.45, 2.75) is 18.2 Å². The Morgan fingerprint density at radius 3 is 2.41 bits per heavy atom. The molecule has 0 fully saturated rings. The number of azo groups is 1. The van der Waals surface area contributed by atoms with Crippen molar-refractivity contribution in [1.82, 2.24) is 0 Å². The van der Waals surface area contributed by atoms with Crippen LogP contribution < -0.4 is 44.7 Å². The molecule has 2 N–H and O–H groups in total. The van der Waals surface area contributed by atoms with E-state index in [4.69, 9.17) is 27.9 Å². The monoisotopic (exact) mass is 595 g/mol. The third-order valence-electron chi connectivity index (χ3n) is 5.69. The molecular weight excluding hydrogens is 576 g/mol. The summed E-state index contributed by atoms with van der Waals surface area (Å²) in [5, 5.41) is 25.4. The van der Waals surface area contributed by atoms with Gasteiger partial charge in [0, 0.05) is 17.0 Å². The van der Waals surface area contributed by atoms with Crippen LogP contribution >= 0.6 is 23.2 Å². The molecule has 0 saturated carbocycles. The Kier molecular flexibility index (Phi) is 10.0. The van der Waals surface area contributed by atoms with Gasteiger partial charge in [-0.1, -0.05) is 60.1 Å². The van der Waals surface area contributed by atoms with Gasteiger partial charge in [0.05, 0.1) is 33.4 Å². The fraction of sp³-hybridized carbons (Fsp3) is 0.115. The molecule has 0 radical (unpaired) electrons. The van der Waals surface area contributed by atoms with Crippen LogP contribution in [0.4, 0.5) is 17.1 Å². The third kappa shape index (κ3) is 6.72. The van der Waals surface area contributed by atoms with E-state index in [2.05, 4.69) is 15.5 Å². The number of hydrogen-bond donors (Lipinski definition) is 2. The van der Waals surface area contributed by atoms with Crippen molar-refractivity contribution in [3.8, 4) is 11.5 Å². The van der Waals surface area contributed by atoms with Crippen molar-refractivity contribution in [1.29, 1.82) is 0 Å². The summed E-state index contributed by atoms with van der Waals surface area (Å²) in [6.07, 6.45) is 0.258. The van der Waals surface area contributed by atoms with Crippen molar-refractivity contribution >= 4 is 67.1 Å². The summed E-state index contributed by atoms with van der Waals surface area (Å²) in [5.41, 5.74) is 0.335. The minimum absolute atomic E-state index is 0. The Balaban J connectivity index is 0.00000420. The van der Waals surface area contributed by atoms with Gasteiger partial charge in [0.15, 0.2) is 0 Å². The summed E-state index contributed by atoms with van der Waals surface area (Å²) in [6, 6.07) is 15.4. The summed E-state index contributed by atoms with van der Waals surface area (Å²) in [7, 11) is -3.02. The minimum Gasteiger partial charge on any atom is -0.870 e. The van der Waals surface area contributed by atoms with Crippen LogP contribution in [0, 0.1) is 0 Å². The number of rotatable bonds is 7. The zero-order valence-electron chi connectivity index (χ0n) is 21.0. The van der Waals surface area contributed by atoms with E-state index in [-0.39, 0.29) is 79.1 Å². The summed E-state index contributed by atoms with van der Waals surface area (Å²) >= 11 is 12.4. The summed E-state index contributed by atoms with van der Waals surface area (Å²) in [6.45, 7) is 1.69. The molecule has 0 aliphatic rings. The second kappa shape index (κ2) is 12.6. The number of carbonyl (C=O) groups excluding carboxylic acids is 1. The second-order valence-corrected chi connectivity index (χ2v) is 10.3. The third-order valence-corrected chi connectivity index (χ3v) is 7.24. The number of fused-ring (bicyclic) bond motifs is 1. The molecule has 0 aromatic heterocycles. The predicted molar refractivity (Wildman–Crippen MR) is 144 cm³/mol. The van der Waals surface area contributed by atoms with Gasteiger partial charge >= 0.3 is 29.6 Å². The van der Waals surface area contributed by atoms with Crippen LogP contribution in [-0.4, -0.2) is 26.0 Å². The molecule has 4 rings (SSSR count). The number of anilines is 1. The fourth-order valence-corrected chi connectivity index (χ4v) is 5.06. The summed E-state index contributed by atoms with van der Waals surface area (Å²) in [4.78, 5) is 12.8. The number of halogens is 2. The van der Waals surface area contributed by atoms with Gasteiger partial charge < -0.3 is 15.2 Å². The van der Waals surface area contributed by atoms with Crippen LogP contribution in [-0.2, 0) is 16.5 Å². The quantitative estimate of drug-likeness (QED) is 0.189.